The molecule has 0 saturated heterocycles. The quantitative estimate of drug-likeness (QED) is 0.365. The van der Waals surface area contributed by atoms with Crippen molar-refractivity contribution >= 4 is 22.2 Å². The molecule has 0 heterocycles. The summed E-state index contributed by atoms with van der Waals surface area (Å²) in [6, 6.07) is 32.7. The molecule has 0 fully saturated rings. The van der Waals surface area contributed by atoms with Crippen molar-refractivity contribution < 1.29 is 4.43 Å². The number of hydrogen-bond donors (Lipinski definition) is 0. The average Bonchev–Trinajstić information content (AvgIpc) is 2.76. The lowest BCUT2D eigenvalue weighted by atomic mass is 9.84. The van der Waals surface area contributed by atoms with E-state index in [2.05, 4.69) is 112 Å². The molecule has 3 aromatic carbocycles. The summed E-state index contributed by atoms with van der Waals surface area (Å²) in [5, 5.41) is 0. The Labute approximate surface area is 177 Å². The third-order valence-electron chi connectivity index (χ3n) is 5.80. The predicted molar refractivity (Wildman–Crippen MR) is 126 cm³/mol. The lowest BCUT2D eigenvalue weighted by Gasteiger charge is -2.38. The van der Waals surface area contributed by atoms with Crippen molar-refractivity contribution in [3.63, 3.8) is 0 Å². The summed E-state index contributed by atoms with van der Waals surface area (Å²) in [5.74, 6) is 1.44. The van der Waals surface area contributed by atoms with Gasteiger partial charge in [0.25, 0.3) is 0 Å². The fourth-order valence-corrected chi connectivity index (χ4v) is 5.63. The molecule has 0 spiro atoms. The maximum Gasteiger partial charge on any atom is 0.146 e. The van der Waals surface area contributed by atoms with Gasteiger partial charge in [0.1, 0.15) is 10.5 Å². The minimum absolute atomic E-state index is 0.102. The van der Waals surface area contributed by atoms with Crippen LogP contribution < -0.4 is 0 Å². The molecule has 0 aliphatic heterocycles. The lowest BCUT2D eigenvalue weighted by Crippen LogP contribution is -2.35. The molecular formula is C25H30OSSi. The largest absolute Gasteiger partial charge is 0.423 e. The van der Waals surface area contributed by atoms with E-state index in [1.807, 2.05) is 11.8 Å². The molecule has 3 rings (SSSR count). The number of thioether (sulfide) groups is 1. The Morgan fingerprint density at radius 3 is 1.43 bits per heavy atom. The van der Waals surface area contributed by atoms with Gasteiger partial charge in [0, 0.05) is 5.75 Å². The summed E-state index contributed by atoms with van der Waals surface area (Å²) in [7, 11) is 0.760. The third-order valence-corrected chi connectivity index (χ3v) is 8.66. The van der Waals surface area contributed by atoms with Gasteiger partial charge < -0.3 is 4.43 Å². The molecule has 0 aromatic heterocycles. The van der Waals surface area contributed by atoms with Crippen molar-refractivity contribution in [1.29, 1.82) is 0 Å². The zero-order chi connectivity index (χ0) is 20.0. The van der Waals surface area contributed by atoms with E-state index >= 15 is 0 Å². The third kappa shape index (κ3) is 4.27. The Balaban J connectivity index is 2.14. The van der Waals surface area contributed by atoms with Crippen LogP contribution in [0.5, 0.6) is 0 Å². The van der Waals surface area contributed by atoms with E-state index in [-0.39, 0.29) is 10.3 Å². The SMILES string of the molecule is CC(CSC(c1ccccc1)(c1ccccc1)c1ccccc1)C(C)(C)O[SiH3]. The van der Waals surface area contributed by atoms with Crippen LogP contribution in [0.4, 0.5) is 0 Å². The molecule has 0 saturated carbocycles. The Bertz CT molecular complexity index is 753. The summed E-state index contributed by atoms with van der Waals surface area (Å²) in [5.41, 5.74) is 3.84. The Morgan fingerprint density at radius 2 is 1.11 bits per heavy atom. The van der Waals surface area contributed by atoms with Crippen molar-refractivity contribution in [3.05, 3.63) is 108 Å². The van der Waals surface area contributed by atoms with Crippen molar-refractivity contribution in [2.24, 2.45) is 5.92 Å². The highest BCUT2D eigenvalue weighted by Gasteiger charge is 2.38. The van der Waals surface area contributed by atoms with Crippen molar-refractivity contribution in [2.45, 2.75) is 31.1 Å². The van der Waals surface area contributed by atoms with Crippen LogP contribution in [0.25, 0.3) is 0 Å². The Hall–Kier alpha value is -1.81. The Morgan fingerprint density at radius 1 is 0.750 bits per heavy atom. The minimum Gasteiger partial charge on any atom is -0.423 e. The smallest absolute Gasteiger partial charge is 0.146 e. The first-order valence-corrected chi connectivity index (χ1v) is 11.7. The maximum absolute atomic E-state index is 5.91. The van der Waals surface area contributed by atoms with Crippen LogP contribution in [0, 0.1) is 5.92 Å². The molecule has 1 atom stereocenters. The average molecular weight is 407 g/mol. The number of hydrogen-bond acceptors (Lipinski definition) is 2. The zero-order valence-electron chi connectivity index (χ0n) is 17.3. The summed E-state index contributed by atoms with van der Waals surface area (Å²) in [6.45, 7) is 6.72. The molecular weight excluding hydrogens is 376 g/mol. The van der Waals surface area contributed by atoms with Crippen molar-refractivity contribution in [3.8, 4) is 0 Å². The fourth-order valence-electron chi connectivity index (χ4n) is 3.42. The van der Waals surface area contributed by atoms with E-state index in [4.69, 9.17) is 4.43 Å². The predicted octanol–water partition coefficient (Wildman–Crippen LogP) is 5.42. The number of benzene rings is 3. The van der Waals surface area contributed by atoms with Gasteiger partial charge in [-0.05, 0) is 36.5 Å². The van der Waals surface area contributed by atoms with Gasteiger partial charge in [-0.3, -0.25) is 0 Å². The van der Waals surface area contributed by atoms with E-state index in [1.54, 1.807) is 0 Å². The molecule has 0 bridgehead atoms. The monoisotopic (exact) mass is 406 g/mol. The first kappa shape index (κ1) is 20.9. The number of rotatable bonds is 8. The van der Waals surface area contributed by atoms with E-state index in [0.29, 0.717) is 5.92 Å². The summed E-state index contributed by atoms with van der Waals surface area (Å²) in [4.78, 5) is 0. The molecule has 1 nitrogen and oxygen atoms in total. The molecule has 0 radical (unpaired) electrons. The molecule has 28 heavy (non-hydrogen) atoms. The highest BCUT2D eigenvalue weighted by atomic mass is 32.2. The molecule has 0 amide bonds. The van der Waals surface area contributed by atoms with Gasteiger partial charge in [0.05, 0.1) is 10.3 Å². The van der Waals surface area contributed by atoms with Gasteiger partial charge in [-0.25, -0.2) is 0 Å². The molecule has 146 valence electrons. The van der Waals surface area contributed by atoms with Crippen LogP contribution in [-0.2, 0) is 9.17 Å². The molecule has 3 heteroatoms. The molecule has 1 unspecified atom stereocenters. The standard InChI is InChI=1S/C25H30OSSi/c1-20(24(2,3)26-28)19-27-25(21-13-7-4-8-14-21,22-15-9-5-10-16-22)23-17-11-6-12-18-23/h4-18,20H,19H2,1-3,28H3. The highest BCUT2D eigenvalue weighted by Crippen LogP contribution is 2.49. The maximum atomic E-state index is 5.91. The van der Waals surface area contributed by atoms with Gasteiger partial charge >= 0.3 is 0 Å². The lowest BCUT2D eigenvalue weighted by molar-refractivity contribution is 0.0728. The van der Waals surface area contributed by atoms with Crippen LogP contribution in [0.2, 0.25) is 0 Å². The van der Waals surface area contributed by atoms with E-state index in [9.17, 15) is 0 Å². The van der Waals surface area contributed by atoms with Crippen LogP contribution in [0.3, 0.4) is 0 Å². The van der Waals surface area contributed by atoms with Gasteiger partial charge in [-0.15, -0.1) is 11.8 Å². The summed E-state index contributed by atoms with van der Waals surface area (Å²) < 4.78 is 5.66. The fraction of sp³-hybridized carbons (Fsp3) is 0.280. The first-order valence-electron chi connectivity index (χ1n) is 9.86. The van der Waals surface area contributed by atoms with Gasteiger partial charge in [0.15, 0.2) is 0 Å². The van der Waals surface area contributed by atoms with E-state index in [1.165, 1.54) is 16.7 Å². The first-order chi connectivity index (χ1) is 13.5. The molecule has 0 N–H and O–H groups in total. The van der Waals surface area contributed by atoms with E-state index < -0.39 is 0 Å². The highest BCUT2D eigenvalue weighted by molar-refractivity contribution is 8.00. The van der Waals surface area contributed by atoms with Gasteiger partial charge in [-0.1, -0.05) is 97.9 Å². The second kappa shape index (κ2) is 9.12. The zero-order valence-corrected chi connectivity index (χ0v) is 20.1. The second-order valence-electron chi connectivity index (χ2n) is 7.80. The van der Waals surface area contributed by atoms with Crippen molar-refractivity contribution in [2.75, 3.05) is 5.75 Å². The summed E-state index contributed by atoms with van der Waals surface area (Å²) >= 11 is 2.01. The molecule has 0 aliphatic carbocycles. The van der Waals surface area contributed by atoms with Crippen LogP contribution in [0.1, 0.15) is 37.5 Å². The van der Waals surface area contributed by atoms with Crippen LogP contribution >= 0.6 is 11.8 Å². The minimum atomic E-state index is -0.251. The van der Waals surface area contributed by atoms with E-state index in [0.717, 1.165) is 16.2 Å². The summed E-state index contributed by atoms with van der Waals surface area (Å²) in [6.07, 6.45) is 0. The van der Waals surface area contributed by atoms with Crippen molar-refractivity contribution in [1.82, 2.24) is 0 Å². The molecule has 3 aromatic rings. The van der Waals surface area contributed by atoms with Gasteiger partial charge in [0.2, 0.25) is 0 Å². The second-order valence-corrected chi connectivity index (χ2v) is 9.44. The Kier molecular flexibility index (Phi) is 6.81. The molecule has 0 aliphatic rings. The topological polar surface area (TPSA) is 9.23 Å². The van der Waals surface area contributed by atoms with Gasteiger partial charge in [-0.2, -0.15) is 0 Å². The normalized spacial score (nSPS) is 13.4. The van der Waals surface area contributed by atoms with Crippen LogP contribution in [0.15, 0.2) is 91.0 Å². The van der Waals surface area contributed by atoms with Crippen LogP contribution in [-0.4, -0.2) is 21.8 Å².